The minimum atomic E-state index is -0.681. The highest BCUT2D eigenvalue weighted by Gasteiger charge is 2.38. The van der Waals surface area contributed by atoms with E-state index in [0.29, 0.717) is 24.7 Å². The molecule has 0 amide bonds. The van der Waals surface area contributed by atoms with Crippen molar-refractivity contribution in [2.45, 2.75) is 182 Å². The summed E-state index contributed by atoms with van der Waals surface area (Å²) in [5, 5.41) is 18.6. The molecule has 0 spiro atoms. The molecule has 4 nitrogen and oxygen atoms in total. The Morgan fingerprint density at radius 2 is 1.00 bits per heavy atom. The fourth-order valence-corrected chi connectivity index (χ4v) is 6.61. The van der Waals surface area contributed by atoms with E-state index < -0.39 is 11.9 Å². The Morgan fingerprint density at radius 3 is 1.37 bits per heavy atom. The molecular weight excluding hydrogens is 472 g/mol. The maximum absolute atomic E-state index is 12.0. The van der Waals surface area contributed by atoms with Crippen molar-refractivity contribution in [3.8, 4) is 0 Å². The first-order valence-corrected chi connectivity index (χ1v) is 16.7. The van der Waals surface area contributed by atoms with Crippen LogP contribution in [0.3, 0.4) is 0 Å². The molecule has 0 aromatic heterocycles. The Morgan fingerprint density at radius 1 is 0.579 bits per heavy atom. The molecule has 3 unspecified atom stereocenters. The Labute approximate surface area is 237 Å². The molecule has 0 saturated carbocycles. The zero-order chi connectivity index (χ0) is 28.7. The van der Waals surface area contributed by atoms with Gasteiger partial charge in [-0.1, -0.05) is 144 Å². The molecule has 0 aliphatic heterocycles. The van der Waals surface area contributed by atoms with E-state index >= 15 is 0 Å². The van der Waals surface area contributed by atoms with Crippen molar-refractivity contribution in [1.29, 1.82) is 0 Å². The molecule has 0 saturated heterocycles. The number of carboxylic acids is 2. The second-order valence-corrected chi connectivity index (χ2v) is 12.7. The molecule has 0 bridgehead atoms. The first-order valence-electron chi connectivity index (χ1n) is 16.7. The monoisotopic (exact) mass is 538 g/mol. The van der Waals surface area contributed by atoms with Gasteiger partial charge in [-0.3, -0.25) is 9.59 Å². The van der Waals surface area contributed by atoms with Crippen molar-refractivity contribution < 1.29 is 19.8 Å². The Kier molecular flexibility index (Phi) is 23.1. The highest BCUT2D eigenvalue weighted by atomic mass is 16.4. The van der Waals surface area contributed by atoms with Crippen molar-refractivity contribution in [1.82, 2.24) is 0 Å². The van der Waals surface area contributed by atoms with Gasteiger partial charge in [0.2, 0.25) is 0 Å². The lowest BCUT2D eigenvalue weighted by molar-refractivity contribution is -0.140. The molecule has 0 fully saturated rings. The van der Waals surface area contributed by atoms with Gasteiger partial charge in [0.05, 0.1) is 0 Å². The average Bonchev–Trinajstić information content (AvgIpc) is 2.88. The van der Waals surface area contributed by atoms with Gasteiger partial charge in [-0.15, -0.1) is 0 Å². The van der Waals surface area contributed by atoms with Crippen LogP contribution >= 0.6 is 0 Å². The van der Waals surface area contributed by atoms with Gasteiger partial charge in [0.1, 0.15) is 0 Å². The largest absolute Gasteiger partial charge is 0.481 e. The lowest BCUT2D eigenvalue weighted by atomic mass is 9.62. The van der Waals surface area contributed by atoms with E-state index in [1.54, 1.807) is 0 Å². The lowest BCUT2D eigenvalue weighted by Crippen LogP contribution is -2.34. The molecule has 38 heavy (non-hydrogen) atoms. The smallest absolute Gasteiger partial charge is 0.303 e. The van der Waals surface area contributed by atoms with Crippen LogP contribution in [0.1, 0.15) is 182 Å². The van der Waals surface area contributed by atoms with Crippen molar-refractivity contribution in [2.24, 2.45) is 23.2 Å². The van der Waals surface area contributed by atoms with E-state index in [1.807, 2.05) is 0 Å². The number of carboxylic acid groups (broad SMARTS) is 2. The second-order valence-electron chi connectivity index (χ2n) is 12.7. The third-order valence-electron chi connectivity index (χ3n) is 9.20. The number of hydrogen-bond donors (Lipinski definition) is 2. The molecule has 0 heterocycles. The summed E-state index contributed by atoms with van der Waals surface area (Å²) in [6, 6.07) is 0. The van der Waals surface area contributed by atoms with Crippen LogP contribution in [-0.2, 0) is 9.59 Å². The predicted molar refractivity (Wildman–Crippen MR) is 163 cm³/mol. The number of rotatable bonds is 28. The van der Waals surface area contributed by atoms with Gasteiger partial charge in [-0.2, -0.15) is 0 Å². The first kappa shape index (κ1) is 36.9. The van der Waals surface area contributed by atoms with E-state index in [0.717, 1.165) is 32.1 Å². The summed E-state index contributed by atoms with van der Waals surface area (Å²) < 4.78 is 0. The van der Waals surface area contributed by atoms with Crippen molar-refractivity contribution in [2.75, 3.05) is 0 Å². The Balaban J connectivity index is 4.91. The fraction of sp³-hybridized carbons (Fsp3) is 0.941. The summed E-state index contributed by atoms with van der Waals surface area (Å²) in [5.41, 5.74) is 0.113. The highest BCUT2D eigenvalue weighted by Crippen LogP contribution is 2.47. The zero-order valence-electron chi connectivity index (χ0n) is 26.2. The summed E-state index contributed by atoms with van der Waals surface area (Å²) in [5.74, 6) is 0.400. The van der Waals surface area contributed by atoms with Crippen LogP contribution in [0.25, 0.3) is 0 Å². The van der Waals surface area contributed by atoms with Crippen molar-refractivity contribution in [3.05, 3.63) is 0 Å². The van der Waals surface area contributed by atoms with E-state index in [4.69, 9.17) is 5.11 Å². The van der Waals surface area contributed by atoms with Crippen molar-refractivity contribution in [3.63, 3.8) is 0 Å². The van der Waals surface area contributed by atoms with Crippen molar-refractivity contribution >= 4 is 11.9 Å². The Bertz CT molecular complexity index is 555. The molecule has 0 aromatic carbocycles. The van der Waals surface area contributed by atoms with Crippen LogP contribution in [0.5, 0.6) is 0 Å². The van der Waals surface area contributed by atoms with Crippen LogP contribution in [0.2, 0.25) is 0 Å². The molecule has 3 atom stereocenters. The molecule has 4 heteroatoms. The van der Waals surface area contributed by atoms with Gasteiger partial charge in [0.25, 0.3) is 0 Å². The van der Waals surface area contributed by atoms with Gasteiger partial charge >= 0.3 is 11.9 Å². The quantitative estimate of drug-likeness (QED) is 0.0971. The van der Waals surface area contributed by atoms with E-state index in [1.165, 1.54) is 103 Å². The van der Waals surface area contributed by atoms with Crippen LogP contribution in [-0.4, -0.2) is 22.2 Å². The van der Waals surface area contributed by atoms with E-state index in [2.05, 4.69) is 34.6 Å². The summed E-state index contributed by atoms with van der Waals surface area (Å²) in [7, 11) is 0. The third-order valence-corrected chi connectivity index (χ3v) is 9.20. The Hall–Kier alpha value is -1.06. The molecular formula is C34H66O4. The first-order chi connectivity index (χ1) is 18.2. The van der Waals surface area contributed by atoms with Crippen LogP contribution in [0, 0.1) is 23.2 Å². The lowest BCUT2D eigenvalue weighted by Gasteiger charge is -2.42. The number of carbonyl (C=O) groups is 2. The van der Waals surface area contributed by atoms with Crippen LogP contribution in [0.4, 0.5) is 0 Å². The second kappa shape index (κ2) is 23.8. The maximum atomic E-state index is 12.0. The molecule has 0 aromatic rings. The maximum Gasteiger partial charge on any atom is 0.303 e. The summed E-state index contributed by atoms with van der Waals surface area (Å²) in [6.07, 6.45) is 25.7. The van der Waals surface area contributed by atoms with Gasteiger partial charge in [-0.25, -0.2) is 0 Å². The molecule has 0 radical (unpaired) electrons. The average molecular weight is 539 g/mol. The van der Waals surface area contributed by atoms with Crippen LogP contribution < -0.4 is 0 Å². The topological polar surface area (TPSA) is 74.6 Å². The molecule has 0 rings (SSSR count). The fourth-order valence-electron chi connectivity index (χ4n) is 6.61. The number of hydrogen-bond acceptors (Lipinski definition) is 2. The molecule has 0 aliphatic carbocycles. The summed E-state index contributed by atoms with van der Waals surface area (Å²) in [6.45, 7) is 11.7. The number of aliphatic carboxylic acids is 2. The van der Waals surface area contributed by atoms with Gasteiger partial charge < -0.3 is 10.2 Å². The summed E-state index contributed by atoms with van der Waals surface area (Å²) in [4.78, 5) is 22.6. The van der Waals surface area contributed by atoms with E-state index in [9.17, 15) is 14.7 Å². The van der Waals surface area contributed by atoms with Gasteiger partial charge in [0.15, 0.2) is 0 Å². The van der Waals surface area contributed by atoms with Crippen LogP contribution in [0.15, 0.2) is 0 Å². The highest BCUT2D eigenvalue weighted by molar-refractivity contribution is 5.67. The van der Waals surface area contributed by atoms with Gasteiger partial charge in [-0.05, 0) is 48.9 Å². The number of unbranched alkanes of at least 4 members (excludes halogenated alkanes) is 11. The third kappa shape index (κ3) is 19.1. The minimum absolute atomic E-state index is 0.113. The predicted octanol–water partition coefficient (Wildman–Crippen LogP) is 11.1. The summed E-state index contributed by atoms with van der Waals surface area (Å²) >= 11 is 0. The van der Waals surface area contributed by atoms with E-state index in [-0.39, 0.29) is 11.3 Å². The zero-order valence-corrected chi connectivity index (χ0v) is 26.2. The molecule has 226 valence electrons. The molecule has 0 aliphatic rings. The molecule has 2 N–H and O–H groups in total. The standard InChI is InChI=1S/C34H66O4/c1-6-10-22-29(8-3)27-34(5,28-30(9-4)23-11-7-2)31(26-33(37)38)24-20-18-16-14-12-13-15-17-19-21-25-32(35)36/h29-31H,6-28H2,1-5H3,(H,35,36)(H,37,38). The normalized spacial score (nSPS) is 15.6. The minimum Gasteiger partial charge on any atom is -0.481 e. The SMILES string of the molecule is CCCCC(CC)CC(C)(CC(CC)CCCC)C(CCCCCCCCCCCCC(=O)O)CC(=O)O. The van der Waals surface area contributed by atoms with Gasteiger partial charge in [0, 0.05) is 12.8 Å².